The second kappa shape index (κ2) is 6.89. The van der Waals surface area contributed by atoms with Crippen molar-refractivity contribution in [2.75, 3.05) is 18.9 Å². The zero-order chi connectivity index (χ0) is 16.1. The van der Waals surface area contributed by atoms with Gasteiger partial charge in [-0.3, -0.25) is 9.59 Å². The number of benzene rings is 2. The molecule has 22 heavy (non-hydrogen) atoms. The summed E-state index contributed by atoms with van der Waals surface area (Å²) >= 11 is 0. The van der Waals surface area contributed by atoms with Gasteiger partial charge in [-0.05, 0) is 43.2 Å². The summed E-state index contributed by atoms with van der Waals surface area (Å²) in [6, 6.07) is 14.8. The normalized spacial score (nSPS) is 10.1. The molecule has 0 bridgehead atoms. The molecule has 0 atom stereocenters. The maximum absolute atomic E-state index is 12.2. The van der Waals surface area contributed by atoms with Crippen molar-refractivity contribution < 1.29 is 9.59 Å². The lowest BCUT2D eigenvalue weighted by Gasteiger charge is -2.17. The Morgan fingerprint density at radius 2 is 1.73 bits per heavy atom. The van der Waals surface area contributed by atoms with Gasteiger partial charge in [0.05, 0.1) is 6.54 Å². The van der Waals surface area contributed by atoms with Crippen LogP contribution in [0.25, 0.3) is 0 Å². The highest BCUT2D eigenvalue weighted by Gasteiger charge is 2.15. The van der Waals surface area contributed by atoms with Crippen LogP contribution in [0.15, 0.2) is 48.5 Å². The van der Waals surface area contributed by atoms with E-state index in [1.54, 1.807) is 31.3 Å². The largest absolute Gasteiger partial charge is 0.332 e. The highest BCUT2D eigenvalue weighted by molar-refractivity contribution is 5.99. The molecule has 0 aromatic heterocycles. The quantitative estimate of drug-likeness (QED) is 0.943. The summed E-state index contributed by atoms with van der Waals surface area (Å²) in [6.45, 7) is 3.93. The van der Waals surface area contributed by atoms with Crippen LogP contribution in [-0.4, -0.2) is 30.3 Å². The Morgan fingerprint density at radius 1 is 1.05 bits per heavy atom. The summed E-state index contributed by atoms with van der Waals surface area (Å²) in [6.07, 6.45) is 0. The first-order valence-corrected chi connectivity index (χ1v) is 7.15. The van der Waals surface area contributed by atoms with E-state index >= 15 is 0 Å². The molecule has 0 fully saturated rings. The zero-order valence-electron chi connectivity index (χ0n) is 13.1. The number of nitrogens with one attached hydrogen (secondary N) is 1. The second-order valence-corrected chi connectivity index (χ2v) is 5.39. The molecule has 2 aromatic carbocycles. The minimum Gasteiger partial charge on any atom is -0.332 e. The molecule has 114 valence electrons. The first-order chi connectivity index (χ1) is 10.5. The van der Waals surface area contributed by atoms with Crippen LogP contribution in [0.3, 0.4) is 0 Å². The summed E-state index contributed by atoms with van der Waals surface area (Å²) in [4.78, 5) is 25.7. The number of nitrogens with zero attached hydrogens (tertiary/aromatic N) is 1. The van der Waals surface area contributed by atoms with E-state index in [2.05, 4.69) is 5.32 Å². The van der Waals surface area contributed by atoms with Gasteiger partial charge >= 0.3 is 0 Å². The van der Waals surface area contributed by atoms with Crippen molar-refractivity contribution in [1.82, 2.24) is 4.90 Å². The second-order valence-electron chi connectivity index (χ2n) is 5.39. The van der Waals surface area contributed by atoms with E-state index in [1.807, 2.05) is 38.1 Å². The molecule has 0 saturated carbocycles. The van der Waals surface area contributed by atoms with Gasteiger partial charge in [0.15, 0.2) is 0 Å². The predicted octanol–water partition coefficient (Wildman–Crippen LogP) is 3.01. The van der Waals surface area contributed by atoms with Crippen LogP contribution in [0, 0.1) is 13.8 Å². The van der Waals surface area contributed by atoms with Crippen molar-refractivity contribution in [3.05, 3.63) is 65.2 Å². The monoisotopic (exact) mass is 296 g/mol. The van der Waals surface area contributed by atoms with Gasteiger partial charge < -0.3 is 10.2 Å². The van der Waals surface area contributed by atoms with Gasteiger partial charge in [-0.25, -0.2) is 0 Å². The van der Waals surface area contributed by atoms with Gasteiger partial charge in [0, 0.05) is 18.3 Å². The summed E-state index contributed by atoms with van der Waals surface area (Å²) in [7, 11) is 1.62. The Kier molecular flexibility index (Phi) is 4.94. The fourth-order valence-corrected chi connectivity index (χ4v) is 2.15. The Labute approximate surface area is 130 Å². The van der Waals surface area contributed by atoms with Crippen LogP contribution in [0.2, 0.25) is 0 Å². The molecule has 4 nitrogen and oxygen atoms in total. The molecule has 0 aliphatic heterocycles. The summed E-state index contributed by atoms with van der Waals surface area (Å²) < 4.78 is 0. The Bertz CT molecular complexity index is 681. The number of carbonyl (C=O) groups is 2. The van der Waals surface area contributed by atoms with Gasteiger partial charge in [-0.1, -0.05) is 30.3 Å². The summed E-state index contributed by atoms with van der Waals surface area (Å²) in [5.74, 6) is -0.378. The van der Waals surface area contributed by atoms with Crippen molar-refractivity contribution in [2.24, 2.45) is 0 Å². The first-order valence-electron chi connectivity index (χ1n) is 7.15. The number of anilines is 1. The van der Waals surface area contributed by atoms with E-state index in [0.717, 1.165) is 16.8 Å². The third-order valence-electron chi connectivity index (χ3n) is 3.42. The number of hydrogen-bond donors (Lipinski definition) is 1. The van der Waals surface area contributed by atoms with Crippen LogP contribution in [-0.2, 0) is 4.79 Å². The number of rotatable bonds is 4. The fraction of sp³-hybridized carbons (Fsp3) is 0.222. The highest BCUT2D eigenvalue weighted by Crippen LogP contribution is 2.16. The van der Waals surface area contributed by atoms with E-state index in [4.69, 9.17) is 0 Å². The molecular weight excluding hydrogens is 276 g/mol. The van der Waals surface area contributed by atoms with Gasteiger partial charge in [0.1, 0.15) is 0 Å². The maximum Gasteiger partial charge on any atom is 0.254 e. The topological polar surface area (TPSA) is 49.4 Å². The van der Waals surface area contributed by atoms with E-state index in [-0.39, 0.29) is 18.4 Å². The lowest BCUT2D eigenvalue weighted by molar-refractivity contribution is -0.116. The maximum atomic E-state index is 12.2. The average Bonchev–Trinajstić information content (AvgIpc) is 2.51. The van der Waals surface area contributed by atoms with Crippen molar-refractivity contribution in [2.45, 2.75) is 13.8 Å². The lowest BCUT2D eigenvalue weighted by Crippen LogP contribution is -2.35. The number of likely N-dealkylation sites (N-methyl/N-ethyl adjacent to an activating group) is 1. The molecule has 2 aromatic rings. The van der Waals surface area contributed by atoms with Crippen LogP contribution in [0.5, 0.6) is 0 Å². The van der Waals surface area contributed by atoms with Gasteiger partial charge in [-0.15, -0.1) is 0 Å². The molecule has 4 heteroatoms. The standard InChI is InChI=1S/C18H20N2O2/c1-13-9-10-14(2)16(11-13)19-17(21)12-20(3)18(22)15-7-5-4-6-8-15/h4-11H,12H2,1-3H3,(H,19,21). The average molecular weight is 296 g/mol. The van der Waals surface area contributed by atoms with Crippen LogP contribution in [0.1, 0.15) is 21.5 Å². The molecule has 0 saturated heterocycles. The molecule has 1 N–H and O–H groups in total. The Balaban J connectivity index is 2.00. The van der Waals surface area contributed by atoms with Crippen molar-refractivity contribution >= 4 is 17.5 Å². The molecule has 2 rings (SSSR count). The number of amides is 2. The summed E-state index contributed by atoms with van der Waals surface area (Å²) in [5.41, 5.74) is 3.43. The molecule has 0 aliphatic rings. The third-order valence-corrected chi connectivity index (χ3v) is 3.42. The van der Waals surface area contributed by atoms with Crippen LogP contribution >= 0.6 is 0 Å². The molecule has 0 radical (unpaired) electrons. The Hall–Kier alpha value is -2.62. The van der Waals surface area contributed by atoms with Crippen LogP contribution in [0.4, 0.5) is 5.69 Å². The fourth-order valence-electron chi connectivity index (χ4n) is 2.15. The van der Waals surface area contributed by atoms with Gasteiger partial charge in [0.25, 0.3) is 5.91 Å². The number of aryl methyl sites for hydroxylation is 2. The minimum absolute atomic E-state index is 0.0150. The molecule has 0 unspecified atom stereocenters. The lowest BCUT2D eigenvalue weighted by atomic mass is 10.1. The molecule has 0 aliphatic carbocycles. The molecule has 0 heterocycles. The Morgan fingerprint density at radius 3 is 2.41 bits per heavy atom. The highest BCUT2D eigenvalue weighted by atomic mass is 16.2. The van der Waals surface area contributed by atoms with E-state index < -0.39 is 0 Å². The zero-order valence-corrected chi connectivity index (χ0v) is 13.1. The molecule has 0 spiro atoms. The number of hydrogen-bond acceptors (Lipinski definition) is 2. The molecular formula is C18H20N2O2. The van der Waals surface area contributed by atoms with Crippen molar-refractivity contribution in [3.8, 4) is 0 Å². The predicted molar refractivity (Wildman–Crippen MR) is 87.9 cm³/mol. The molecule has 2 amide bonds. The van der Waals surface area contributed by atoms with Gasteiger partial charge in [-0.2, -0.15) is 0 Å². The van der Waals surface area contributed by atoms with Gasteiger partial charge in [0.2, 0.25) is 5.91 Å². The van der Waals surface area contributed by atoms with Crippen LogP contribution < -0.4 is 5.32 Å². The van der Waals surface area contributed by atoms with E-state index in [9.17, 15) is 9.59 Å². The van der Waals surface area contributed by atoms with E-state index in [1.165, 1.54) is 4.90 Å². The third kappa shape index (κ3) is 3.95. The van der Waals surface area contributed by atoms with E-state index in [0.29, 0.717) is 5.56 Å². The SMILES string of the molecule is Cc1ccc(C)c(NC(=O)CN(C)C(=O)c2ccccc2)c1. The van der Waals surface area contributed by atoms with Crippen molar-refractivity contribution in [1.29, 1.82) is 0 Å². The first kappa shape index (κ1) is 15.8. The van der Waals surface area contributed by atoms with Crippen molar-refractivity contribution in [3.63, 3.8) is 0 Å². The number of carbonyl (C=O) groups excluding carboxylic acids is 2. The summed E-state index contributed by atoms with van der Waals surface area (Å²) in [5, 5.41) is 2.86. The minimum atomic E-state index is -0.208. The smallest absolute Gasteiger partial charge is 0.254 e.